The number of thioether (sulfide) groups is 1. The number of fused-ring (bicyclic) bond motifs is 12. The van der Waals surface area contributed by atoms with Gasteiger partial charge in [0, 0.05) is 70.7 Å². The Morgan fingerprint density at radius 2 is 1.51 bits per heavy atom. The van der Waals surface area contributed by atoms with Crippen molar-refractivity contribution in [3.05, 3.63) is 137 Å². The van der Waals surface area contributed by atoms with Crippen LogP contribution in [0.3, 0.4) is 0 Å². The Bertz CT molecular complexity index is 2960. The summed E-state index contributed by atoms with van der Waals surface area (Å²) in [6.45, 7) is 2.40. The van der Waals surface area contributed by atoms with E-state index in [1.165, 1.54) is 36.0 Å². The van der Waals surface area contributed by atoms with Gasteiger partial charge in [-0.05, 0) is 59.4 Å². The van der Waals surface area contributed by atoms with Crippen LogP contribution in [0, 0.1) is 39.9 Å². The number of hydrogen-bond acceptors (Lipinski definition) is 4. The Balaban J connectivity index is 1.15. The van der Waals surface area contributed by atoms with Gasteiger partial charge in [-0.25, -0.2) is 0 Å². The molecule has 4 unspecified atom stereocenters. The first-order valence-corrected chi connectivity index (χ1v) is 19.2. The maximum Gasteiger partial charge on any atom is 0.101 e. The molecule has 11 rings (SSSR count). The highest BCUT2D eigenvalue weighted by Crippen LogP contribution is 2.60. The molecule has 1 fully saturated rings. The normalized spacial score (nSPS) is 23.8. The van der Waals surface area contributed by atoms with E-state index >= 15 is 0 Å². The van der Waals surface area contributed by atoms with E-state index in [0.29, 0.717) is 23.2 Å². The maximum absolute atomic E-state index is 10.9. The fraction of sp³-hybridized carbons (Fsp3) is 0.156. The van der Waals surface area contributed by atoms with Gasteiger partial charge in [-0.1, -0.05) is 85.8 Å². The Hall–Kier alpha value is -5.53. The molecule has 4 nitrogen and oxygen atoms in total. The van der Waals surface area contributed by atoms with Crippen LogP contribution >= 0.6 is 23.1 Å². The number of aromatic nitrogens is 2. The predicted molar refractivity (Wildman–Crippen MR) is 214 cm³/mol. The molecule has 0 saturated carbocycles. The van der Waals surface area contributed by atoms with E-state index in [1.807, 2.05) is 17.8 Å². The summed E-state index contributed by atoms with van der Waals surface area (Å²) in [5, 5.41) is 28.3. The Morgan fingerprint density at radius 1 is 0.745 bits per heavy atom. The second-order valence-electron chi connectivity index (χ2n) is 14.4. The number of para-hydroxylation sites is 2. The number of thiophene rings is 1. The number of rotatable bonds is 2. The van der Waals surface area contributed by atoms with Gasteiger partial charge in [-0.2, -0.15) is 10.5 Å². The molecule has 0 amide bonds. The van der Waals surface area contributed by atoms with Gasteiger partial charge in [0.1, 0.15) is 6.07 Å². The lowest BCUT2D eigenvalue weighted by molar-refractivity contribution is 0.326. The number of hydrogen-bond donors (Lipinski definition) is 0. The van der Waals surface area contributed by atoms with Crippen molar-refractivity contribution in [2.75, 3.05) is 0 Å². The van der Waals surface area contributed by atoms with Crippen LogP contribution in [-0.4, -0.2) is 14.4 Å². The summed E-state index contributed by atoms with van der Waals surface area (Å²) in [5.74, 6) is -0.0368. The summed E-state index contributed by atoms with van der Waals surface area (Å²) < 4.78 is 7.05. The zero-order chi connectivity index (χ0) is 34.0. The zero-order valence-corrected chi connectivity index (χ0v) is 29.4. The number of allylic oxidation sites excluding steroid dienone is 8. The molecule has 0 radical (unpaired) electrons. The first-order valence-electron chi connectivity index (χ1n) is 17.5. The standard InChI is InChI=1S/C45H30N4S2/c1-45-17-9-8-16-44(45)51-43-23-40-32(21-34(43)45)29-11-3-6-14-36(29)49(40)38-19-26(24-46)37(18-27(38)25-47)48-35-13-5-2-10-28(35)31-20-33-30-12-4-7-15-41(30)50-42(33)22-39(31)48/h2-18,20,22-23,26,34,44H,19,21H2,1H3. The highest BCUT2D eigenvalue weighted by Gasteiger charge is 2.50. The van der Waals surface area contributed by atoms with Crippen molar-refractivity contribution in [2.45, 2.75) is 25.0 Å². The topological polar surface area (TPSA) is 57.4 Å². The maximum atomic E-state index is 10.9. The molecule has 6 heteroatoms. The lowest BCUT2D eigenvalue weighted by Crippen LogP contribution is -2.32. The fourth-order valence-corrected chi connectivity index (χ4v) is 12.1. The van der Waals surface area contributed by atoms with Crippen molar-refractivity contribution in [3.8, 4) is 12.1 Å². The average Bonchev–Trinajstić information content (AvgIpc) is 3.88. The molecular weight excluding hydrogens is 661 g/mol. The van der Waals surface area contributed by atoms with Crippen molar-refractivity contribution < 1.29 is 0 Å². The minimum atomic E-state index is -0.451. The molecule has 1 saturated heterocycles. The van der Waals surface area contributed by atoms with Crippen LogP contribution in [0.25, 0.3) is 70.4 Å². The first kappa shape index (κ1) is 29.2. The smallest absolute Gasteiger partial charge is 0.101 e. The quantitative estimate of drug-likeness (QED) is 0.181. The molecule has 0 N–H and O–H groups in total. The molecule has 51 heavy (non-hydrogen) atoms. The van der Waals surface area contributed by atoms with Gasteiger partial charge < -0.3 is 9.13 Å². The molecule has 4 atom stereocenters. The van der Waals surface area contributed by atoms with Crippen molar-refractivity contribution in [3.63, 3.8) is 0 Å². The van der Waals surface area contributed by atoms with Crippen LogP contribution in [0.2, 0.25) is 0 Å². The number of benzene rings is 4. The van der Waals surface area contributed by atoms with E-state index in [1.54, 1.807) is 11.3 Å². The lowest BCUT2D eigenvalue weighted by Gasteiger charge is -2.34. The fourth-order valence-electron chi connectivity index (χ4n) is 9.37. The molecule has 0 bridgehead atoms. The molecule has 0 spiro atoms. The molecule has 4 aromatic carbocycles. The third-order valence-electron chi connectivity index (χ3n) is 11.9. The van der Waals surface area contributed by atoms with E-state index in [4.69, 9.17) is 0 Å². The zero-order valence-electron chi connectivity index (χ0n) is 27.8. The van der Waals surface area contributed by atoms with Gasteiger partial charge in [0.15, 0.2) is 0 Å². The third-order valence-corrected chi connectivity index (χ3v) is 14.6. The van der Waals surface area contributed by atoms with Crippen LogP contribution in [0.15, 0.2) is 126 Å². The van der Waals surface area contributed by atoms with Crippen LogP contribution < -0.4 is 0 Å². The van der Waals surface area contributed by atoms with Crippen LogP contribution in [-0.2, 0) is 6.42 Å². The molecule has 3 aliphatic carbocycles. The van der Waals surface area contributed by atoms with Gasteiger partial charge in [0.25, 0.3) is 0 Å². The van der Waals surface area contributed by atoms with E-state index < -0.39 is 5.92 Å². The molecule has 7 aromatic rings. The van der Waals surface area contributed by atoms with Crippen LogP contribution in [0.5, 0.6) is 0 Å². The van der Waals surface area contributed by atoms with Gasteiger partial charge in [-0.15, -0.1) is 23.1 Å². The Kier molecular flexibility index (Phi) is 6.02. The van der Waals surface area contributed by atoms with Gasteiger partial charge in [-0.3, -0.25) is 0 Å². The van der Waals surface area contributed by atoms with E-state index in [2.05, 4.69) is 144 Å². The average molecular weight is 691 g/mol. The summed E-state index contributed by atoms with van der Waals surface area (Å²) in [6.07, 6.45) is 14.9. The molecule has 4 aliphatic rings. The summed E-state index contributed by atoms with van der Waals surface area (Å²) in [4.78, 5) is 1.41. The summed E-state index contributed by atoms with van der Waals surface area (Å²) in [5.41, 5.74) is 8.16. The number of nitrogens with zero attached hydrogens (tertiary/aromatic N) is 4. The van der Waals surface area contributed by atoms with Gasteiger partial charge in [0.2, 0.25) is 0 Å². The second-order valence-corrected chi connectivity index (χ2v) is 16.7. The van der Waals surface area contributed by atoms with Gasteiger partial charge >= 0.3 is 0 Å². The van der Waals surface area contributed by atoms with E-state index in [-0.39, 0.29) is 5.41 Å². The van der Waals surface area contributed by atoms with Crippen molar-refractivity contribution in [2.24, 2.45) is 17.3 Å². The van der Waals surface area contributed by atoms with Crippen molar-refractivity contribution in [1.29, 1.82) is 10.5 Å². The molecule has 1 aliphatic heterocycles. The van der Waals surface area contributed by atoms with Crippen LogP contribution in [0.4, 0.5) is 0 Å². The summed E-state index contributed by atoms with van der Waals surface area (Å²) in [6, 6.07) is 35.6. The minimum absolute atomic E-state index is 0.0708. The highest BCUT2D eigenvalue weighted by molar-refractivity contribution is 8.04. The van der Waals surface area contributed by atoms with Crippen LogP contribution in [0.1, 0.15) is 24.6 Å². The Morgan fingerprint density at radius 3 is 2.33 bits per heavy atom. The predicted octanol–water partition coefficient (Wildman–Crippen LogP) is 11.7. The summed E-state index contributed by atoms with van der Waals surface area (Å²) in [7, 11) is 0. The highest BCUT2D eigenvalue weighted by atomic mass is 32.2. The van der Waals surface area contributed by atoms with Gasteiger partial charge in [0.05, 0.1) is 39.8 Å². The largest absolute Gasteiger partial charge is 0.312 e. The lowest BCUT2D eigenvalue weighted by atomic mass is 9.68. The first-order chi connectivity index (χ1) is 25.1. The van der Waals surface area contributed by atoms with E-state index in [0.717, 1.165) is 50.8 Å². The van der Waals surface area contributed by atoms with E-state index in [9.17, 15) is 10.5 Å². The Labute approximate surface area is 303 Å². The third kappa shape index (κ3) is 3.90. The summed E-state index contributed by atoms with van der Waals surface area (Å²) >= 11 is 3.78. The van der Waals surface area contributed by atoms with Crippen molar-refractivity contribution in [1.82, 2.24) is 9.13 Å². The van der Waals surface area contributed by atoms with Crippen molar-refractivity contribution >= 4 is 93.4 Å². The monoisotopic (exact) mass is 690 g/mol. The SMILES string of the molecule is CC12C=CC=CC1SC1=Cc3c(c4ccccc4n3C3=C(C#N)C=C(n4c5ccccc5c5cc6c(cc54)sc4ccccc46)C(C#N)C3)CC12. The minimum Gasteiger partial charge on any atom is -0.312 e. The second kappa shape index (κ2) is 10.5. The molecule has 4 heterocycles. The molecular formula is C45H30N4S2. The molecule has 3 aromatic heterocycles. The number of nitriles is 2. The molecule has 242 valence electrons.